The summed E-state index contributed by atoms with van der Waals surface area (Å²) in [6.07, 6.45) is 3.26. The summed E-state index contributed by atoms with van der Waals surface area (Å²) in [6.45, 7) is 8.33. The first-order valence-corrected chi connectivity index (χ1v) is 8.72. The van der Waals surface area contributed by atoms with E-state index in [1.807, 2.05) is 6.26 Å². The lowest BCUT2D eigenvalue weighted by atomic mass is 9.95. The Labute approximate surface area is 123 Å². The Hall–Kier alpha value is -0.680. The van der Waals surface area contributed by atoms with Crippen molar-refractivity contribution in [2.45, 2.75) is 32.1 Å². The smallest absolute Gasteiger partial charge is 0.171 e. The third-order valence-electron chi connectivity index (χ3n) is 3.86. The minimum absolute atomic E-state index is 0.0728. The van der Waals surface area contributed by atoms with E-state index < -0.39 is 0 Å². The number of hydrogen-bond acceptors (Lipinski definition) is 5. The molecule has 1 atom stereocenters. The second kappa shape index (κ2) is 5.75. The van der Waals surface area contributed by atoms with E-state index in [2.05, 4.69) is 18.7 Å². The molecule has 2 rings (SSSR count). The maximum absolute atomic E-state index is 11.6. The number of nitrogens with two attached hydrogens (primary N) is 1. The minimum atomic E-state index is 0.0728. The van der Waals surface area contributed by atoms with E-state index in [1.165, 1.54) is 11.4 Å². The zero-order chi connectivity index (χ0) is 14.2. The van der Waals surface area contributed by atoms with Crippen molar-refractivity contribution in [2.75, 3.05) is 30.0 Å². The second-order valence-corrected chi connectivity index (χ2v) is 7.29. The molecule has 1 aromatic rings. The van der Waals surface area contributed by atoms with Crippen LogP contribution in [0.3, 0.4) is 0 Å². The SMILES string of the molecule is CSc1c(N2CCC(C(C)C)C2)sc(C(C)=O)c1N. The third-order valence-corrected chi connectivity index (χ3v) is 6.18. The highest BCUT2D eigenvalue weighted by Gasteiger charge is 2.29. The van der Waals surface area contributed by atoms with Crippen LogP contribution >= 0.6 is 23.1 Å². The van der Waals surface area contributed by atoms with Gasteiger partial charge in [-0.25, -0.2) is 0 Å². The Kier molecular flexibility index (Phi) is 4.46. The molecule has 0 bridgehead atoms. The van der Waals surface area contributed by atoms with Crippen LogP contribution in [0.15, 0.2) is 4.90 Å². The lowest BCUT2D eigenvalue weighted by molar-refractivity contribution is 0.102. The summed E-state index contributed by atoms with van der Waals surface area (Å²) in [7, 11) is 0. The van der Waals surface area contributed by atoms with Crippen LogP contribution in [0.2, 0.25) is 0 Å². The lowest BCUT2D eigenvalue weighted by Gasteiger charge is -2.19. The Bertz CT molecular complexity index is 482. The zero-order valence-electron chi connectivity index (χ0n) is 12.0. The van der Waals surface area contributed by atoms with Crippen molar-refractivity contribution in [3.8, 4) is 0 Å². The van der Waals surface area contributed by atoms with Crippen LogP contribution in [0.1, 0.15) is 36.9 Å². The normalized spacial score (nSPS) is 19.4. The lowest BCUT2D eigenvalue weighted by Crippen LogP contribution is -2.20. The molecule has 106 valence electrons. The maximum atomic E-state index is 11.6. The summed E-state index contributed by atoms with van der Waals surface area (Å²) in [5, 5.41) is 1.19. The molecule has 3 nitrogen and oxygen atoms in total. The molecule has 19 heavy (non-hydrogen) atoms. The molecule has 1 saturated heterocycles. The topological polar surface area (TPSA) is 46.3 Å². The highest BCUT2D eigenvalue weighted by atomic mass is 32.2. The van der Waals surface area contributed by atoms with Gasteiger partial charge in [0.05, 0.1) is 15.5 Å². The summed E-state index contributed by atoms with van der Waals surface area (Å²) in [6, 6.07) is 0. The van der Waals surface area contributed by atoms with Gasteiger partial charge in [0.25, 0.3) is 0 Å². The van der Waals surface area contributed by atoms with Crippen molar-refractivity contribution in [3.05, 3.63) is 4.88 Å². The first kappa shape index (κ1) is 14.7. The summed E-state index contributed by atoms with van der Waals surface area (Å²) in [5.74, 6) is 1.54. The molecule has 0 radical (unpaired) electrons. The molecule has 0 aromatic carbocycles. The number of hydrogen-bond donors (Lipinski definition) is 1. The van der Waals surface area contributed by atoms with E-state index in [4.69, 9.17) is 5.73 Å². The number of nitrogens with zero attached hydrogens (tertiary/aromatic N) is 1. The predicted molar refractivity (Wildman–Crippen MR) is 85.7 cm³/mol. The zero-order valence-corrected chi connectivity index (χ0v) is 13.7. The average molecular weight is 298 g/mol. The molecular formula is C14H22N2OS2. The molecule has 2 N–H and O–H groups in total. The molecule has 1 fully saturated rings. The van der Waals surface area contributed by atoms with Gasteiger partial charge in [-0.3, -0.25) is 4.79 Å². The van der Waals surface area contributed by atoms with E-state index in [1.54, 1.807) is 30.0 Å². The standard InChI is InChI=1S/C14H22N2OS2/c1-8(2)10-5-6-16(7-10)14-13(18-4)11(15)12(19-14)9(3)17/h8,10H,5-7,15H2,1-4H3. The van der Waals surface area contributed by atoms with Gasteiger partial charge in [0.15, 0.2) is 5.78 Å². The fourth-order valence-electron chi connectivity index (χ4n) is 2.60. The molecule has 1 aliphatic rings. The maximum Gasteiger partial charge on any atom is 0.171 e. The molecule has 0 aliphatic carbocycles. The quantitative estimate of drug-likeness (QED) is 0.679. The van der Waals surface area contributed by atoms with Crippen molar-refractivity contribution in [1.29, 1.82) is 0 Å². The number of thioether (sulfide) groups is 1. The molecule has 0 amide bonds. The summed E-state index contributed by atoms with van der Waals surface area (Å²) >= 11 is 3.21. The van der Waals surface area contributed by atoms with E-state index >= 15 is 0 Å². The van der Waals surface area contributed by atoms with E-state index in [9.17, 15) is 4.79 Å². The van der Waals surface area contributed by atoms with Crippen LogP contribution < -0.4 is 10.6 Å². The van der Waals surface area contributed by atoms with Gasteiger partial charge in [0.2, 0.25) is 0 Å². The fraction of sp³-hybridized carbons (Fsp3) is 0.643. The highest BCUT2D eigenvalue weighted by Crippen LogP contribution is 2.45. The number of ketones is 1. The number of rotatable bonds is 4. The van der Waals surface area contributed by atoms with Crippen LogP contribution in [0, 0.1) is 11.8 Å². The van der Waals surface area contributed by atoms with Crippen molar-refractivity contribution < 1.29 is 4.79 Å². The summed E-state index contributed by atoms with van der Waals surface area (Å²) in [4.78, 5) is 15.8. The van der Waals surface area contributed by atoms with Gasteiger partial charge in [0.1, 0.15) is 5.00 Å². The first-order chi connectivity index (χ1) is 8.95. The van der Waals surface area contributed by atoms with Crippen molar-refractivity contribution in [2.24, 2.45) is 11.8 Å². The molecule has 0 spiro atoms. The minimum Gasteiger partial charge on any atom is -0.396 e. The predicted octanol–water partition coefficient (Wildman–Crippen LogP) is 3.74. The summed E-state index contributed by atoms with van der Waals surface area (Å²) in [5.41, 5.74) is 6.79. The van der Waals surface area contributed by atoms with Crippen LogP contribution in [-0.4, -0.2) is 25.1 Å². The highest BCUT2D eigenvalue weighted by molar-refractivity contribution is 7.99. The van der Waals surface area contributed by atoms with E-state index in [-0.39, 0.29) is 5.78 Å². The molecule has 1 unspecified atom stereocenters. The molecule has 1 aliphatic heterocycles. The van der Waals surface area contributed by atoms with Crippen LogP contribution in [-0.2, 0) is 0 Å². The summed E-state index contributed by atoms with van der Waals surface area (Å²) < 4.78 is 0. The second-order valence-electron chi connectivity index (χ2n) is 5.48. The van der Waals surface area contributed by atoms with Gasteiger partial charge >= 0.3 is 0 Å². The Morgan fingerprint density at radius 1 is 1.53 bits per heavy atom. The molecule has 1 aromatic heterocycles. The van der Waals surface area contributed by atoms with Crippen LogP contribution in [0.25, 0.3) is 0 Å². The number of Topliss-reactive ketones (excluding diaryl/α,β-unsaturated/α-hetero) is 1. The van der Waals surface area contributed by atoms with Gasteiger partial charge in [-0.1, -0.05) is 13.8 Å². The largest absolute Gasteiger partial charge is 0.396 e. The van der Waals surface area contributed by atoms with Crippen molar-refractivity contribution in [1.82, 2.24) is 0 Å². The molecule has 5 heteroatoms. The third kappa shape index (κ3) is 2.77. The number of carbonyl (C=O) groups excluding carboxylic acids is 1. The molecule has 0 saturated carbocycles. The van der Waals surface area contributed by atoms with Gasteiger partial charge in [-0.2, -0.15) is 0 Å². The van der Waals surface area contributed by atoms with Crippen LogP contribution in [0.5, 0.6) is 0 Å². The van der Waals surface area contributed by atoms with Gasteiger partial charge in [-0.05, 0) is 24.5 Å². The van der Waals surface area contributed by atoms with Gasteiger partial charge in [-0.15, -0.1) is 23.1 Å². The van der Waals surface area contributed by atoms with Gasteiger partial charge < -0.3 is 10.6 Å². The Morgan fingerprint density at radius 2 is 2.21 bits per heavy atom. The fourth-order valence-corrected chi connectivity index (χ4v) is 4.71. The Morgan fingerprint density at radius 3 is 2.68 bits per heavy atom. The Balaban J connectivity index is 2.30. The average Bonchev–Trinajstić information content (AvgIpc) is 2.92. The first-order valence-electron chi connectivity index (χ1n) is 6.67. The number of nitrogen functional groups attached to an aromatic ring is 1. The monoisotopic (exact) mass is 298 g/mol. The number of anilines is 2. The van der Waals surface area contributed by atoms with E-state index in [0.717, 1.165) is 23.9 Å². The van der Waals surface area contributed by atoms with Gasteiger partial charge in [0, 0.05) is 20.0 Å². The molecule has 2 heterocycles. The van der Waals surface area contributed by atoms with Crippen molar-refractivity contribution >= 4 is 39.6 Å². The molecular weight excluding hydrogens is 276 g/mol. The van der Waals surface area contributed by atoms with Crippen molar-refractivity contribution in [3.63, 3.8) is 0 Å². The van der Waals surface area contributed by atoms with Crippen LogP contribution in [0.4, 0.5) is 10.7 Å². The number of thiophene rings is 1. The number of carbonyl (C=O) groups is 1. The van der Waals surface area contributed by atoms with E-state index in [0.29, 0.717) is 16.5 Å².